The number of anilines is 2. The lowest BCUT2D eigenvalue weighted by Crippen LogP contribution is -2.14. The minimum Gasteiger partial charge on any atom is -0.322 e. The number of nitrogens with one attached hydrogen (secondary N) is 2. The van der Waals surface area contributed by atoms with Gasteiger partial charge in [-0.2, -0.15) is 0 Å². The summed E-state index contributed by atoms with van der Waals surface area (Å²) >= 11 is 0. The monoisotopic (exact) mass is 272 g/mol. The van der Waals surface area contributed by atoms with E-state index >= 15 is 0 Å². The maximum absolute atomic E-state index is 12.0. The number of nitrogen functional groups attached to an aromatic ring is 1. The highest BCUT2D eigenvalue weighted by molar-refractivity contribution is 6.05. The fourth-order valence-electron chi connectivity index (χ4n) is 1.67. The van der Waals surface area contributed by atoms with Gasteiger partial charge in [0.2, 0.25) is 0 Å². The van der Waals surface area contributed by atoms with Gasteiger partial charge in [-0.05, 0) is 24.3 Å². The number of carbonyl (C=O) groups is 1. The Morgan fingerprint density at radius 1 is 1.15 bits per heavy atom. The van der Waals surface area contributed by atoms with Crippen LogP contribution in [0.15, 0.2) is 48.5 Å². The molecule has 2 aromatic carbocycles. The van der Waals surface area contributed by atoms with Crippen molar-refractivity contribution in [2.75, 3.05) is 10.7 Å². The molecular weight excluding hydrogens is 260 g/mol. The third-order valence-corrected chi connectivity index (χ3v) is 2.64. The van der Waals surface area contributed by atoms with E-state index in [4.69, 9.17) is 5.84 Å². The summed E-state index contributed by atoms with van der Waals surface area (Å²) in [6.45, 7) is 0. The molecule has 2 rings (SSSR count). The first-order valence-electron chi connectivity index (χ1n) is 5.73. The summed E-state index contributed by atoms with van der Waals surface area (Å²) < 4.78 is 0. The lowest BCUT2D eigenvalue weighted by Gasteiger charge is -2.06. The first-order valence-corrected chi connectivity index (χ1v) is 5.73. The van der Waals surface area contributed by atoms with E-state index in [1.54, 1.807) is 24.3 Å². The van der Waals surface area contributed by atoms with Crippen molar-refractivity contribution >= 4 is 23.0 Å². The van der Waals surface area contributed by atoms with Gasteiger partial charge in [-0.3, -0.25) is 20.8 Å². The van der Waals surface area contributed by atoms with Gasteiger partial charge < -0.3 is 10.7 Å². The quantitative estimate of drug-likeness (QED) is 0.448. The maximum Gasteiger partial charge on any atom is 0.294 e. The van der Waals surface area contributed by atoms with Gasteiger partial charge in [0, 0.05) is 17.3 Å². The highest BCUT2D eigenvalue weighted by Crippen LogP contribution is 2.25. The molecule has 2 aromatic rings. The third-order valence-electron chi connectivity index (χ3n) is 2.64. The van der Waals surface area contributed by atoms with Crippen molar-refractivity contribution in [1.82, 2.24) is 0 Å². The minimum absolute atomic E-state index is 0.145. The van der Waals surface area contributed by atoms with E-state index in [1.807, 2.05) is 6.07 Å². The van der Waals surface area contributed by atoms with Crippen molar-refractivity contribution in [2.24, 2.45) is 5.84 Å². The number of hydrazine groups is 1. The summed E-state index contributed by atoms with van der Waals surface area (Å²) in [6, 6.07) is 12.8. The van der Waals surface area contributed by atoms with Gasteiger partial charge in [0.15, 0.2) is 0 Å². The number of nitrogens with zero attached hydrogens (tertiary/aromatic N) is 1. The Bertz CT molecular complexity index is 643. The Balaban J connectivity index is 2.27. The number of para-hydroxylation sites is 1. The number of rotatable bonds is 4. The third kappa shape index (κ3) is 2.90. The average Bonchev–Trinajstić information content (AvgIpc) is 2.47. The van der Waals surface area contributed by atoms with Gasteiger partial charge >= 0.3 is 0 Å². The molecule has 102 valence electrons. The van der Waals surface area contributed by atoms with Crippen LogP contribution in [0.3, 0.4) is 0 Å². The van der Waals surface area contributed by atoms with Crippen LogP contribution >= 0.6 is 0 Å². The molecular formula is C13H12N4O3. The normalized spacial score (nSPS) is 9.85. The fraction of sp³-hybridized carbons (Fsp3) is 0. The van der Waals surface area contributed by atoms with Gasteiger partial charge in [0.1, 0.15) is 5.69 Å². The largest absolute Gasteiger partial charge is 0.322 e. The van der Waals surface area contributed by atoms with Gasteiger partial charge in [-0.1, -0.05) is 18.2 Å². The van der Waals surface area contributed by atoms with E-state index in [1.165, 1.54) is 18.2 Å². The zero-order valence-electron chi connectivity index (χ0n) is 10.4. The molecule has 0 atom stereocenters. The number of hydrogen-bond acceptors (Lipinski definition) is 5. The first-order chi connectivity index (χ1) is 9.61. The first kappa shape index (κ1) is 13.5. The molecule has 7 heteroatoms. The minimum atomic E-state index is -0.603. The molecule has 0 aliphatic heterocycles. The molecule has 0 heterocycles. The predicted octanol–water partition coefficient (Wildman–Crippen LogP) is 2.13. The van der Waals surface area contributed by atoms with Gasteiger partial charge in [-0.15, -0.1) is 0 Å². The van der Waals surface area contributed by atoms with Crippen LogP contribution < -0.4 is 16.6 Å². The zero-order chi connectivity index (χ0) is 14.5. The van der Waals surface area contributed by atoms with E-state index in [0.717, 1.165) is 0 Å². The van der Waals surface area contributed by atoms with Crippen LogP contribution in [0.25, 0.3) is 0 Å². The van der Waals surface area contributed by atoms with Crippen LogP contribution in [0.5, 0.6) is 0 Å². The topological polar surface area (TPSA) is 110 Å². The summed E-state index contributed by atoms with van der Waals surface area (Å²) in [5, 5.41) is 13.5. The van der Waals surface area contributed by atoms with Gasteiger partial charge in [-0.25, -0.2) is 0 Å². The summed E-state index contributed by atoms with van der Waals surface area (Å²) in [5.74, 6) is 4.76. The molecule has 20 heavy (non-hydrogen) atoms. The molecule has 0 unspecified atom stereocenters. The van der Waals surface area contributed by atoms with Crippen LogP contribution in [0.2, 0.25) is 0 Å². The number of hydrogen-bond donors (Lipinski definition) is 3. The second-order valence-electron chi connectivity index (χ2n) is 3.95. The van der Waals surface area contributed by atoms with Crippen LogP contribution in [0.1, 0.15) is 10.4 Å². The number of carbonyl (C=O) groups excluding carboxylic acids is 1. The van der Waals surface area contributed by atoms with Gasteiger partial charge in [0.05, 0.1) is 4.92 Å². The molecule has 0 aromatic heterocycles. The Labute approximate surface area is 114 Å². The second-order valence-corrected chi connectivity index (χ2v) is 3.95. The SMILES string of the molecule is NNc1ccc(C(=O)Nc2ccccc2)cc1[N+](=O)[O-]. The van der Waals surface area contributed by atoms with E-state index in [-0.39, 0.29) is 16.9 Å². The van der Waals surface area contributed by atoms with Crippen molar-refractivity contribution in [2.45, 2.75) is 0 Å². The highest BCUT2D eigenvalue weighted by atomic mass is 16.6. The smallest absolute Gasteiger partial charge is 0.294 e. The van der Waals surface area contributed by atoms with E-state index in [9.17, 15) is 14.9 Å². The van der Waals surface area contributed by atoms with Crippen molar-refractivity contribution in [3.8, 4) is 0 Å². The summed E-state index contributed by atoms with van der Waals surface area (Å²) in [6.07, 6.45) is 0. The Hall–Kier alpha value is -2.93. The standard InChI is InChI=1S/C13H12N4O3/c14-16-11-7-6-9(8-12(11)17(19)20)13(18)15-10-4-2-1-3-5-10/h1-8,16H,14H2,(H,15,18). The molecule has 0 saturated carbocycles. The number of nitrogens with two attached hydrogens (primary N) is 1. The number of nitro groups is 1. The molecule has 0 radical (unpaired) electrons. The van der Waals surface area contributed by atoms with Crippen molar-refractivity contribution in [3.63, 3.8) is 0 Å². The van der Waals surface area contributed by atoms with Crippen molar-refractivity contribution in [1.29, 1.82) is 0 Å². The summed E-state index contributed by atoms with van der Waals surface area (Å²) in [5.41, 5.74) is 2.90. The van der Waals surface area contributed by atoms with Crippen LogP contribution in [-0.4, -0.2) is 10.8 Å². The molecule has 0 bridgehead atoms. The fourth-order valence-corrected chi connectivity index (χ4v) is 1.67. The number of benzene rings is 2. The van der Waals surface area contributed by atoms with Crippen molar-refractivity contribution in [3.05, 3.63) is 64.2 Å². The molecule has 0 aliphatic rings. The summed E-state index contributed by atoms with van der Waals surface area (Å²) in [4.78, 5) is 22.3. The molecule has 7 nitrogen and oxygen atoms in total. The Kier molecular flexibility index (Phi) is 3.92. The lowest BCUT2D eigenvalue weighted by atomic mass is 10.1. The molecule has 0 aliphatic carbocycles. The Morgan fingerprint density at radius 3 is 2.45 bits per heavy atom. The van der Waals surface area contributed by atoms with E-state index in [0.29, 0.717) is 5.69 Å². The van der Waals surface area contributed by atoms with Crippen LogP contribution in [0, 0.1) is 10.1 Å². The second kappa shape index (κ2) is 5.81. The summed E-state index contributed by atoms with van der Waals surface area (Å²) in [7, 11) is 0. The van der Waals surface area contributed by atoms with Crippen LogP contribution in [-0.2, 0) is 0 Å². The lowest BCUT2D eigenvalue weighted by molar-refractivity contribution is -0.384. The maximum atomic E-state index is 12.0. The number of nitro benzene ring substituents is 1. The molecule has 0 saturated heterocycles. The van der Waals surface area contributed by atoms with Crippen LogP contribution in [0.4, 0.5) is 17.1 Å². The molecule has 4 N–H and O–H groups in total. The van der Waals surface area contributed by atoms with E-state index in [2.05, 4.69) is 10.7 Å². The predicted molar refractivity (Wildman–Crippen MR) is 75.3 cm³/mol. The molecule has 0 fully saturated rings. The number of amides is 1. The van der Waals surface area contributed by atoms with Crippen molar-refractivity contribution < 1.29 is 9.72 Å². The van der Waals surface area contributed by atoms with E-state index < -0.39 is 10.8 Å². The zero-order valence-corrected chi connectivity index (χ0v) is 10.4. The highest BCUT2D eigenvalue weighted by Gasteiger charge is 2.17. The average molecular weight is 272 g/mol. The Morgan fingerprint density at radius 2 is 1.85 bits per heavy atom. The molecule has 0 spiro atoms. The molecule has 1 amide bonds. The van der Waals surface area contributed by atoms with Gasteiger partial charge in [0.25, 0.3) is 11.6 Å².